The number of nitrogens with zero attached hydrogens (tertiary/aromatic N) is 4. The van der Waals surface area contributed by atoms with Crippen molar-refractivity contribution in [1.82, 2.24) is 24.4 Å². The molecule has 2 aliphatic heterocycles. The first-order valence-corrected chi connectivity index (χ1v) is 14.9. The van der Waals surface area contributed by atoms with Crippen LogP contribution in [-0.4, -0.2) is 74.5 Å². The molecule has 4 heterocycles. The Balaban J connectivity index is 1.66. The molecule has 15 heteroatoms. The Labute approximate surface area is 251 Å². The van der Waals surface area contributed by atoms with Gasteiger partial charge in [-0.2, -0.15) is 18.2 Å². The molecule has 1 amide bonds. The number of rotatable bonds is 5. The lowest BCUT2D eigenvalue weighted by atomic mass is 9.95. The first-order chi connectivity index (χ1) is 20.9. The van der Waals surface area contributed by atoms with Crippen molar-refractivity contribution in [2.45, 2.75) is 43.7 Å². The summed E-state index contributed by atoms with van der Waals surface area (Å²) in [5.41, 5.74) is -2.94. The smallest absolute Gasteiger partial charge is 0.373 e. The van der Waals surface area contributed by atoms with E-state index in [9.17, 15) is 18.8 Å². The van der Waals surface area contributed by atoms with E-state index in [1.165, 1.54) is 16.7 Å². The van der Waals surface area contributed by atoms with Crippen LogP contribution < -0.4 is 16.3 Å². The van der Waals surface area contributed by atoms with Crippen LogP contribution in [0, 0.1) is 5.82 Å². The fraction of sp³-hybridized carbons (Fsp3) is 0.379. The van der Waals surface area contributed by atoms with Gasteiger partial charge in [0.05, 0.1) is 35.3 Å². The molecule has 2 aromatic heterocycles. The van der Waals surface area contributed by atoms with Crippen LogP contribution in [0.25, 0.3) is 33.1 Å². The number of H-pyrrole nitrogens is 2. The maximum absolute atomic E-state index is 15.0. The SMILES string of the molecule is C=CC(=O)N1CCN(c2nc(=O)n3c4c(c(-c5ccc(F)c6[nH]c(=O)[nH]c56)c(C(F)(F)F)cc24)SCC(OC(C)C)C3)CC1. The van der Waals surface area contributed by atoms with Crippen LogP contribution in [-0.2, 0) is 22.3 Å². The Morgan fingerprint density at radius 1 is 1.16 bits per heavy atom. The van der Waals surface area contributed by atoms with Crippen LogP contribution in [0.3, 0.4) is 0 Å². The van der Waals surface area contributed by atoms with Gasteiger partial charge in [0, 0.05) is 53.3 Å². The highest BCUT2D eigenvalue weighted by Crippen LogP contribution is 2.49. The summed E-state index contributed by atoms with van der Waals surface area (Å²) in [6, 6.07) is 3.17. The molecule has 0 aliphatic carbocycles. The topological polar surface area (TPSA) is 116 Å². The summed E-state index contributed by atoms with van der Waals surface area (Å²) < 4.78 is 67.1. The third-order valence-corrected chi connectivity index (χ3v) is 8.96. The van der Waals surface area contributed by atoms with Crippen molar-refractivity contribution >= 4 is 45.4 Å². The second kappa shape index (κ2) is 11.1. The molecule has 2 aromatic carbocycles. The minimum absolute atomic E-state index is 0.0476. The number of nitrogens with one attached hydrogen (secondary N) is 2. The number of thioether (sulfide) groups is 1. The Hall–Kier alpha value is -4.11. The maximum atomic E-state index is 15.0. The highest BCUT2D eigenvalue weighted by atomic mass is 32.2. The molecule has 1 atom stereocenters. The number of amides is 1. The third kappa shape index (κ3) is 5.17. The number of hydrogen-bond acceptors (Lipinski definition) is 7. The second-order valence-corrected chi connectivity index (χ2v) is 11.9. The van der Waals surface area contributed by atoms with Crippen molar-refractivity contribution in [3.63, 3.8) is 0 Å². The molecule has 6 rings (SSSR count). The van der Waals surface area contributed by atoms with Crippen LogP contribution in [0.2, 0.25) is 0 Å². The van der Waals surface area contributed by atoms with Crippen molar-refractivity contribution in [2.24, 2.45) is 0 Å². The summed E-state index contributed by atoms with van der Waals surface area (Å²) in [6.07, 6.45) is -4.44. The fourth-order valence-corrected chi connectivity index (χ4v) is 7.16. The number of ether oxygens (including phenoxy) is 1. The number of halogens is 4. The summed E-state index contributed by atoms with van der Waals surface area (Å²) in [4.78, 5) is 50.4. The molecule has 0 radical (unpaired) electrons. The monoisotopic (exact) mass is 632 g/mol. The zero-order valence-electron chi connectivity index (χ0n) is 23.8. The lowest BCUT2D eigenvalue weighted by molar-refractivity contribution is -0.137. The van der Waals surface area contributed by atoms with Crippen LogP contribution in [0.15, 0.2) is 45.3 Å². The minimum Gasteiger partial charge on any atom is -0.373 e. The maximum Gasteiger partial charge on any atom is 0.417 e. The average molecular weight is 633 g/mol. The van der Waals surface area contributed by atoms with Gasteiger partial charge in [0.1, 0.15) is 17.2 Å². The summed E-state index contributed by atoms with van der Waals surface area (Å²) in [5.74, 6) is -0.781. The molecule has 1 unspecified atom stereocenters. The van der Waals surface area contributed by atoms with Crippen molar-refractivity contribution in [3.8, 4) is 11.1 Å². The number of fused-ring (bicyclic) bond motifs is 1. The Bertz CT molecular complexity index is 1920. The van der Waals surface area contributed by atoms with Crippen molar-refractivity contribution in [3.05, 3.63) is 63.2 Å². The molecule has 232 valence electrons. The van der Waals surface area contributed by atoms with Crippen molar-refractivity contribution in [2.75, 3.05) is 36.8 Å². The van der Waals surface area contributed by atoms with E-state index in [4.69, 9.17) is 4.74 Å². The quantitative estimate of drug-likeness (QED) is 0.251. The molecule has 0 spiro atoms. The van der Waals surface area contributed by atoms with E-state index in [-0.39, 0.29) is 94.3 Å². The summed E-state index contributed by atoms with van der Waals surface area (Å²) in [5, 5.41) is 0.109. The number of aromatic amines is 2. The number of aromatic nitrogens is 4. The first-order valence-electron chi connectivity index (χ1n) is 13.9. The van der Waals surface area contributed by atoms with Crippen LogP contribution in [0.5, 0.6) is 0 Å². The highest BCUT2D eigenvalue weighted by Gasteiger charge is 2.39. The van der Waals surface area contributed by atoms with Gasteiger partial charge >= 0.3 is 17.6 Å². The number of imidazole rings is 1. The number of carbonyl (C=O) groups is 1. The van der Waals surface area contributed by atoms with Gasteiger partial charge in [-0.1, -0.05) is 6.58 Å². The Morgan fingerprint density at radius 3 is 2.52 bits per heavy atom. The summed E-state index contributed by atoms with van der Waals surface area (Å²) >= 11 is 1.10. The number of carbonyl (C=O) groups excluding carboxylic acids is 1. The van der Waals surface area contributed by atoms with E-state index in [1.807, 2.05) is 13.8 Å². The number of hydrogen-bond donors (Lipinski definition) is 2. The summed E-state index contributed by atoms with van der Waals surface area (Å²) in [6.45, 7) is 8.20. The highest BCUT2D eigenvalue weighted by molar-refractivity contribution is 7.99. The Kier molecular flexibility index (Phi) is 7.56. The molecule has 0 bridgehead atoms. The standard InChI is InChI=1S/C29H28F4N6O4S/c1-4-20(40)37-7-9-38(10-8-37)26-17-11-18(29(31,32)33)21(16-5-6-19(30)23-22(16)34-27(41)35-23)25-24(17)39(28(42)36-26)12-15(13-44-25)43-14(2)3/h4-6,11,14-15H,1,7-10,12-13H2,2-3H3,(H2,34,35,41). The van der Waals surface area contributed by atoms with Gasteiger partial charge in [-0.25, -0.2) is 14.0 Å². The number of alkyl halides is 3. The summed E-state index contributed by atoms with van der Waals surface area (Å²) in [7, 11) is 0. The molecule has 2 aliphatic rings. The van der Waals surface area contributed by atoms with Crippen molar-refractivity contribution in [1.29, 1.82) is 0 Å². The lowest BCUT2D eigenvalue weighted by Gasteiger charge is -2.35. The van der Waals surface area contributed by atoms with Gasteiger partial charge in [-0.15, -0.1) is 11.8 Å². The second-order valence-electron chi connectivity index (χ2n) is 10.9. The first kappa shape index (κ1) is 29.9. The molecular weight excluding hydrogens is 604 g/mol. The van der Waals surface area contributed by atoms with Gasteiger partial charge in [0.25, 0.3) is 0 Å². The van der Waals surface area contributed by atoms with Crippen LogP contribution in [0.4, 0.5) is 23.4 Å². The molecule has 4 aromatic rings. The number of benzene rings is 2. The zero-order chi connectivity index (χ0) is 31.5. The lowest BCUT2D eigenvalue weighted by Crippen LogP contribution is -2.49. The molecule has 1 fully saturated rings. The molecule has 10 nitrogen and oxygen atoms in total. The van der Waals surface area contributed by atoms with E-state index in [1.54, 1.807) is 9.80 Å². The normalized spacial score (nSPS) is 17.5. The van der Waals surface area contributed by atoms with Crippen LogP contribution in [0.1, 0.15) is 19.4 Å². The molecule has 0 saturated carbocycles. The molecule has 1 saturated heterocycles. The molecular formula is C29H28F4N6O4S. The number of anilines is 1. The third-order valence-electron chi connectivity index (χ3n) is 7.73. The molecule has 2 N–H and O–H groups in total. The van der Waals surface area contributed by atoms with Gasteiger partial charge < -0.3 is 24.5 Å². The minimum atomic E-state index is -4.88. The zero-order valence-corrected chi connectivity index (χ0v) is 24.6. The van der Waals surface area contributed by atoms with E-state index < -0.39 is 35.0 Å². The van der Waals surface area contributed by atoms with Crippen molar-refractivity contribution < 1.29 is 27.1 Å². The Morgan fingerprint density at radius 2 is 1.86 bits per heavy atom. The van der Waals surface area contributed by atoms with Crippen LogP contribution >= 0.6 is 11.8 Å². The fourth-order valence-electron chi connectivity index (χ4n) is 5.90. The van der Waals surface area contributed by atoms with E-state index in [2.05, 4.69) is 21.5 Å². The van der Waals surface area contributed by atoms with E-state index in [0.29, 0.717) is 0 Å². The van der Waals surface area contributed by atoms with Gasteiger partial charge in [-0.05, 0) is 38.1 Å². The predicted octanol–water partition coefficient (Wildman–Crippen LogP) is 4.12. The van der Waals surface area contributed by atoms with E-state index in [0.717, 1.165) is 23.9 Å². The largest absolute Gasteiger partial charge is 0.417 e. The number of piperazine rings is 1. The van der Waals surface area contributed by atoms with Gasteiger partial charge in [0.15, 0.2) is 0 Å². The molecule has 44 heavy (non-hydrogen) atoms. The average Bonchev–Trinajstić information content (AvgIpc) is 3.27. The van der Waals surface area contributed by atoms with E-state index >= 15 is 13.2 Å². The van der Waals surface area contributed by atoms with Gasteiger partial charge in [0.2, 0.25) is 5.91 Å². The predicted molar refractivity (Wildman–Crippen MR) is 159 cm³/mol. The van der Waals surface area contributed by atoms with Gasteiger partial charge in [-0.3, -0.25) is 9.36 Å².